The van der Waals surface area contributed by atoms with Crippen molar-refractivity contribution in [2.24, 2.45) is 11.7 Å². The van der Waals surface area contributed by atoms with Crippen molar-refractivity contribution >= 4 is 34.6 Å². The number of carbonyl (C=O) groups is 4. The van der Waals surface area contributed by atoms with Crippen LogP contribution in [-0.4, -0.2) is 69.2 Å². The normalized spacial score (nSPS) is 15.6. The lowest BCUT2D eigenvalue weighted by atomic mass is 10.00. The quantitative estimate of drug-likeness (QED) is 0.219. The van der Waals surface area contributed by atoms with Gasteiger partial charge in [-0.1, -0.05) is 32.0 Å². The van der Waals surface area contributed by atoms with Gasteiger partial charge in [-0.25, -0.2) is 4.79 Å². The Morgan fingerprint density at radius 1 is 0.943 bits per heavy atom. The van der Waals surface area contributed by atoms with Gasteiger partial charge in [0, 0.05) is 23.5 Å². The lowest BCUT2D eigenvalue weighted by molar-refractivity contribution is -0.145. The van der Waals surface area contributed by atoms with E-state index in [1.54, 1.807) is 6.20 Å². The highest BCUT2D eigenvalue weighted by Gasteiger charge is 2.32. The lowest BCUT2D eigenvalue weighted by Gasteiger charge is -2.26. The second kappa shape index (κ2) is 12.3. The fraction of sp³-hybridized carbons (Fsp3) is 0.500. The molecule has 0 radical (unpaired) electrons. The van der Waals surface area contributed by atoms with Crippen LogP contribution in [0.5, 0.6) is 0 Å². The van der Waals surface area contributed by atoms with Gasteiger partial charge in [0.1, 0.15) is 12.1 Å². The molecule has 0 aliphatic heterocycles. The molecule has 11 nitrogen and oxygen atoms in total. The number of rotatable bonds is 12. The fourth-order valence-corrected chi connectivity index (χ4v) is 3.65. The van der Waals surface area contributed by atoms with Crippen molar-refractivity contribution in [3.8, 4) is 0 Å². The van der Waals surface area contributed by atoms with Crippen LogP contribution in [0.3, 0.4) is 0 Å². The summed E-state index contributed by atoms with van der Waals surface area (Å²) in [5, 5.41) is 27.4. The van der Waals surface area contributed by atoms with Crippen molar-refractivity contribution in [1.29, 1.82) is 0 Å². The molecule has 0 bridgehead atoms. The standard InChI is InChI=1S/C24H35N5O6/c1-12(2)9-18(23(33)29-20(14(4)30)24(34)35)28-22(32)19(27-21(31)13(3)25)10-15-11-26-17-8-6-5-7-16(15)17/h5-8,11-14,18-20,26,30H,9-10,25H2,1-4H3,(H,27,31)(H,28,32)(H,29,33)(H,34,35). The average molecular weight is 490 g/mol. The highest BCUT2D eigenvalue weighted by atomic mass is 16.4. The van der Waals surface area contributed by atoms with E-state index in [0.717, 1.165) is 16.5 Å². The van der Waals surface area contributed by atoms with Gasteiger partial charge in [-0.15, -0.1) is 0 Å². The van der Waals surface area contributed by atoms with Gasteiger partial charge in [0.25, 0.3) is 0 Å². The van der Waals surface area contributed by atoms with Gasteiger partial charge in [-0.2, -0.15) is 0 Å². The SMILES string of the molecule is CC(C)CC(NC(=O)C(Cc1c[nH]c2ccccc12)NC(=O)C(C)N)C(=O)NC(C(=O)O)C(C)O. The van der Waals surface area contributed by atoms with Crippen molar-refractivity contribution in [2.45, 2.75) is 70.8 Å². The molecule has 5 atom stereocenters. The molecule has 5 unspecified atom stereocenters. The number of para-hydroxylation sites is 1. The molecule has 0 saturated carbocycles. The van der Waals surface area contributed by atoms with Crippen LogP contribution in [0.2, 0.25) is 0 Å². The van der Waals surface area contributed by atoms with E-state index in [9.17, 15) is 29.4 Å². The number of aliphatic carboxylic acids is 1. The van der Waals surface area contributed by atoms with Crippen LogP contribution in [0.4, 0.5) is 0 Å². The molecular formula is C24H35N5O6. The Hall–Kier alpha value is -3.44. The number of nitrogens with two attached hydrogens (primary N) is 1. The molecular weight excluding hydrogens is 454 g/mol. The average Bonchev–Trinajstić information content (AvgIpc) is 3.18. The molecule has 0 aliphatic carbocycles. The minimum atomic E-state index is -1.53. The summed E-state index contributed by atoms with van der Waals surface area (Å²) in [6.45, 7) is 6.43. The molecule has 1 aromatic heterocycles. The van der Waals surface area contributed by atoms with Crippen LogP contribution in [0, 0.1) is 5.92 Å². The van der Waals surface area contributed by atoms with E-state index < -0.39 is 54.0 Å². The molecule has 192 valence electrons. The zero-order valence-electron chi connectivity index (χ0n) is 20.4. The number of carboxylic acid groups (broad SMARTS) is 1. The maximum absolute atomic E-state index is 13.3. The number of aromatic nitrogens is 1. The summed E-state index contributed by atoms with van der Waals surface area (Å²) in [6.07, 6.45) is 0.758. The van der Waals surface area contributed by atoms with Gasteiger partial charge < -0.3 is 36.9 Å². The Morgan fingerprint density at radius 2 is 1.54 bits per heavy atom. The van der Waals surface area contributed by atoms with Crippen molar-refractivity contribution in [2.75, 3.05) is 0 Å². The molecule has 3 amide bonds. The van der Waals surface area contributed by atoms with Crippen LogP contribution in [0.15, 0.2) is 30.5 Å². The van der Waals surface area contributed by atoms with Gasteiger partial charge in [-0.05, 0) is 37.8 Å². The Balaban J connectivity index is 2.28. The highest BCUT2D eigenvalue weighted by Crippen LogP contribution is 2.19. The first-order valence-electron chi connectivity index (χ1n) is 11.5. The molecule has 11 heteroatoms. The number of hydrogen-bond donors (Lipinski definition) is 7. The molecule has 1 heterocycles. The highest BCUT2D eigenvalue weighted by molar-refractivity contribution is 5.94. The lowest BCUT2D eigenvalue weighted by Crippen LogP contribution is -2.58. The number of hydrogen-bond acceptors (Lipinski definition) is 6. The molecule has 8 N–H and O–H groups in total. The Labute approximate surface area is 203 Å². The van der Waals surface area contributed by atoms with E-state index in [1.807, 2.05) is 38.1 Å². The summed E-state index contributed by atoms with van der Waals surface area (Å²) in [6, 6.07) is 3.00. The summed E-state index contributed by atoms with van der Waals surface area (Å²) in [5.41, 5.74) is 7.34. The topological polar surface area (TPSA) is 187 Å². The number of amides is 3. The summed E-state index contributed by atoms with van der Waals surface area (Å²) >= 11 is 0. The number of carbonyl (C=O) groups excluding carboxylic acids is 3. The minimum Gasteiger partial charge on any atom is -0.480 e. The number of H-pyrrole nitrogens is 1. The van der Waals surface area contributed by atoms with E-state index >= 15 is 0 Å². The largest absolute Gasteiger partial charge is 0.480 e. The minimum absolute atomic E-state index is 0.0217. The smallest absolute Gasteiger partial charge is 0.328 e. The third kappa shape index (κ3) is 7.79. The maximum Gasteiger partial charge on any atom is 0.328 e. The third-order valence-corrected chi connectivity index (χ3v) is 5.53. The van der Waals surface area contributed by atoms with E-state index in [4.69, 9.17) is 5.73 Å². The number of aliphatic hydroxyl groups excluding tert-OH is 1. The van der Waals surface area contributed by atoms with Crippen molar-refractivity contribution < 1.29 is 29.4 Å². The fourth-order valence-electron chi connectivity index (χ4n) is 3.65. The Kier molecular flexibility index (Phi) is 9.78. The van der Waals surface area contributed by atoms with Gasteiger partial charge in [-0.3, -0.25) is 14.4 Å². The summed E-state index contributed by atoms with van der Waals surface area (Å²) < 4.78 is 0. The molecule has 0 aliphatic rings. The zero-order valence-corrected chi connectivity index (χ0v) is 20.4. The first kappa shape index (κ1) is 27.8. The van der Waals surface area contributed by atoms with Gasteiger partial charge in [0.2, 0.25) is 17.7 Å². The number of aromatic amines is 1. The van der Waals surface area contributed by atoms with E-state index in [0.29, 0.717) is 0 Å². The van der Waals surface area contributed by atoms with Crippen LogP contribution in [0.1, 0.15) is 39.7 Å². The predicted molar refractivity (Wildman–Crippen MR) is 130 cm³/mol. The monoisotopic (exact) mass is 489 g/mol. The predicted octanol–water partition coefficient (Wildman–Crippen LogP) is 0.0235. The van der Waals surface area contributed by atoms with E-state index in [-0.39, 0.29) is 18.8 Å². The van der Waals surface area contributed by atoms with Gasteiger partial charge in [0.15, 0.2) is 6.04 Å². The number of fused-ring (bicyclic) bond motifs is 1. The number of nitrogens with one attached hydrogen (secondary N) is 4. The van der Waals surface area contributed by atoms with Gasteiger partial charge in [0.05, 0.1) is 12.1 Å². The molecule has 1 aromatic carbocycles. The maximum atomic E-state index is 13.3. The Bertz CT molecular complexity index is 1050. The van der Waals surface area contributed by atoms with Crippen LogP contribution in [0.25, 0.3) is 10.9 Å². The summed E-state index contributed by atoms with van der Waals surface area (Å²) in [7, 11) is 0. The first-order valence-corrected chi connectivity index (χ1v) is 11.5. The number of benzene rings is 1. The second-order valence-electron chi connectivity index (χ2n) is 9.17. The van der Waals surface area contributed by atoms with E-state index in [1.165, 1.54) is 13.8 Å². The Morgan fingerprint density at radius 3 is 2.11 bits per heavy atom. The molecule has 0 spiro atoms. The first-order chi connectivity index (χ1) is 16.4. The van der Waals surface area contributed by atoms with Crippen LogP contribution in [-0.2, 0) is 25.6 Å². The molecule has 0 saturated heterocycles. The van der Waals surface area contributed by atoms with Crippen molar-refractivity contribution in [3.63, 3.8) is 0 Å². The van der Waals surface area contributed by atoms with E-state index in [2.05, 4.69) is 20.9 Å². The zero-order chi connectivity index (χ0) is 26.3. The second-order valence-corrected chi connectivity index (χ2v) is 9.17. The van der Waals surface area contributed by atoms with Crippen LogP contribution < -0.4 is 21.7 Å². The molecule has 35 heavy (non-hydrogen) atoms. The van der Waals surface area contributed by atoms with Crippen LogP contribution >= 0.6 is 0 Å². The summed E-state index contributed by atoms with van der Waals surface area (Å²) in [5.74, 6) is -3.32. The molecule has 2 rings (SSSR count). The third-order valence-electron chi connectivity index (χ3n) is 5.53. The molecule has 2 aromatic rings. The number of aliphatic hydroxyl groups is 1. The van der Waals surface area contributed by atoms with Crippen molar-refractivity contribution in [1.82, 2.24) is 20.9 Å². The van der Waals surface area contributed by atoms with Gasteiger partial charge >= 0.3 is 5.97 Å². The number of carboxylic acids is 1. The van der Waals surface area contributed by atoms with Crippen molar-refractivity contribution in [3.05, 3.63) is 36.0 Å². The summed E-state index contributed by atoms with van der Waals surface area (Å²) in [4.78, 5) is 53.0. The molecule has 0 fully saturated rings.